The lowest BCUT2D eigenvalue weighted by atomic mass is 10.2. The minimum atomic E-state index is -1.08. The Morgan fingerprint density at radius 1 is 0.659 bits per heavy atom. The molecule has 0 aromatic carbocycles. The Balaban J connectivity index is 1.76. The first kappa shape index (κ1) is 30.8. The van der Waals surface area contributed by atoms with Crippen molar-refractivity contribution in [2.24, 2.45) is 5.73 Å². The van der Waals surface area contributed by atoms with Gasteiger partial charge in [0.05, 0.1) is 13.2 Å². The number of nitrogens with one attached hydrogen (secondary N) is 4. The Morgan fingerprint density at radius 3 is 1.49 bits per heavy atom. The van der Waals surface area contributed by atoms with Crippen LogP contribution in [0, 0.1) is 0 Å². The van der Waals surface area contributed by atoms with E-state index >= 15 is 0 Å². The van der Waals surface area contributed by atoms with Gasteiger partial charge in [0.25, 0.3) is 34.7 Å². The zero-order valence-corrected chi connectivity index (χ0v) is 22.1. The number of rotatable bonds is 2. The van der Waals surface area contributed by atoms with Crippen LogP contribution >= 0.6 is 0 Å². The van der Waals surface area contributed by atoms with Gasteiger partial charge in [-0.3, -0.25) is 33.7 Å². The number of pyridine rings is 2. The van der Waals surface area contributed by atoms with E-state index in [0.29, 0.717) is 6.54 Å². The van der Waals surface area contributed by atoms with Crippen LogP contribution in [-0.2, 0) is 4.74 Å². The summed E-state index contributed by atoms with van der Waals surface area (Å²) in [6.45, 7) is 1.38. The zero-order valence-electron chi connectivity index (χ0n) is 22.1. The first-order valence-electron chi connectivity index (χ1n) is 12.7. The summed E-state index contributed by atoms with van der Waals surface area (Å²) in [6.07, 6.45) is 0. The Labute approximate surface area is 232 Å². The molecule has 4 aliphatic heterocycles. The van der Waals surface area contributed by atoms with E-state index in [1.807, 2.05) is 4.90 Å². The molecule has 2 aromatic rings. The van der Waals surface area contributed by atoms with Gasteiger partial charge in [0.1, 0.15) is 22.5 Å². The van der Waals surface area contributed by atoms with Crippen LogP contribution in [0.15, 0.2) is 33.9 Å². The van der Waals surface area contributed by atoms with E-state index in [9.17, 15) is 39.2 Å². The molecule has 17 nitrogen and oxygen atoms in total. The van der Waals surface area contributed by atoms with Gasteiger partial charge in [-0.2, -0.15) is 0 Å². The maximum absolute atomic E-state index is 12.5. The van der Waals surface area contributed by atoms with Gasteiger partial charge in [0.15, 0.2) is 0 Å². The van der Waals surface area contributed by atoms with Crippen LogP contribution in [0.5, 0.6) is 0 Å². The number of nitrogens with two attached hydrogens (primary N) is 1. The lowest BCUT2D eigenvalue weighted by molar-refractivity contribution is 0.0826. The van der Waals surface area contributed by atoms with Crippen LogP contribution in [0.3, 0.4) is 0 Å². The molecule has 222 valence electrons. The van der Waals surface area contributed by atoms with Crippen molar-refractivity contribution in [3.8, 4) is 0 Å². The predicted molar refractivity (Wildman–Crippen MR) is 141 cm³/mol. The van der Waals surface area contributed by atoms with E-state index in [-0.39, 0.29) is 79.6 Å². The highest BCUT2D eigenvalue weighted by Gasteiger charge is 2.20. The maximum atomic E-state index is 12.5. The van der Waals surface area contributed by atoms with Crippen molar-refractivity contribution < 1.29 is 34.3 Å². The molecule has 6 heterocycles. The molecule has 2 aromatic heterocycles. The fourth-order valence-electron chi connectivity index (χ4n) is 3.86. The molecule has 0 radical (unpaired) electrons. The summed E-state index contributed by atoms with van der Waals surface area (Å²) in [4.78, 5) is 76.6. The summed E-state index contributed by atoms with van der Waals surface area (Å²) in [6, 6.07) is 4.51. The summed E-state index contributed by atoms with van der Waals surface area (Å²) in [5.74, 6) is -3.11. The molecule has 0 saturated carbocycles. The molecule has 0 atom stereocenters. The van der Waals surface area contributed by atoms with E-state index in [1.165, 1.54) is 0 Å². The molecule has 0 unspecified atom stereocenters. The highest BCUT2D eigenvalue weighted by atomic mass is 16.5. The smallest absolute Gasteiger partial charge is 0.296 e. The molecule has 17 heteroatoms. The van der Waals surface area contributed by atoms with Crippen LogP contribution < -0.4 is 38.1 Å². The van der Waals surface area contributed by atoms with Gasteiger partial charge in [-0.05, 0) is 24.3 Å². The molecule has 4 bridgehead atoms. The van der Waals surface area contributed by atoms with Crippen molar-refractivity contribution in [3.63, 3.8) is 0 Å². The third kappa shape index (κ3) is 7.90. The van der Waals surface area contributed by atoms with Crippen molar-refractivity contribution in [2.75, 3.05) is 65.6 Å². The Morgan fingerprint density at radius 2 is 1.07 bits per heavy atom. The molecule has 0 saturated heterocycles. The number of carbonyl (C=O) groups is 4. The lowest BCUT2D eigenvalue weighted by Crippen LogP contribution is -2.43. The van der Waals surface area contributed by atoms with E-state index < -0.39 is 46.1 Å². The third-order valence-corrected chi connectivity index (χ3v) is 6.01. The normalized spacial score (nSPS) is 17.0. The molecule has 4 amide bonds. The Kier molecular flexibility index (Phi) is 11.0. The molecule has 8 N–H and O–H groups in total. The molecule has 41 heavy (non-hydrogen) atoms. The first-order chi connectivity index (χ1) is 19.6. The molecule has 0 fully saturated rings. The van der Waals surface area contributed by atoms with Crippen LogP contribution in [0.2, 0.25) is 0 Å². The van der Waals surface area contributed by atoms with Crippen molar-refractivity contribution in [1.82, 2.24) is 35.6 Å². The molecular weight excluding hydrogens is 544 g/mol. The highest BCUT2D eigenvalue weighted by molar-refractivity contribution is 5.97. The molecule has 6 rings (SSSR count). The van der Waals surface area contributed by atoms with Crippen molar-refractivity contribution in [1.29, 1.82) is 0 Å². The largest absolute Gasteiger partial charge is 0.425 e. The lowest BCUT2D eigenvalue weighted by Gasteiger charge is -2.22. The van der Waals surface area contributed by atoms with Gasteiger partial charge in [-0.1, -0.05) is 0 Å². The predicted octanol–water partition coefficient (Wildman–Crippen LogP) is -3.61. The summed E-state index contributed by atoms with van der Waals surface area (Å²) in [7, 11) is 0. The number of ether oxygens (including phenoxy) is 1. The van der Waals surface area contributed by atoms with Gasteiger partial charge < -0.3 is 42.2 Å². The third-order valence-electron chi connectivity index (χ3n) is 6.01. The number of aromatic nitrogens is 2. The Bertz CT molecular complexity index is 1300. The van der Waals surface area contributed by atoms with Crippen LogP contribution in [-0.4, -0.2) is 114 Å². The monoisotopic (exact) mass is 576 g/mol. The van der Waals surface area contributed by atoms with Crippen LogP contribution in [0.25, 0.3) is 0 Å². The van der Waals surface area contributed by atoms with Gasteiger partial charge in [0.2, 0.25) is 0 Å². The number of carbonyl (C=O) groups excluding carboxylic acids is 4. The van der Waals surface area contributed by atoms with Crippen molar-refractivity contribution in [3.05, 3.63) is 67.5 Å². The van der Waals surface area contributed by atoms with Crippen LogP contribution in [0.4, 0.5) is 0 Å². The number of hydrogen-bond donors (Lipinski definition) is 7. The fraction of sp³-hybridized carbons (Fsp3) is 0.417. The second-order valence-electron chi connectivity index (χ2n) is 8.76. The van der Waals surface area contributed by atoms with Crippen LogP contribution in [0.1, 0.15) is 41.7 Å². The van der Waals surface area contributed by atoms with Gasteiger partial charge in [-0.25, -0.2) is 0 Å². The zero-order chi connectivity index (χ0) is 29.9. The van der Waals surface area contributed by atoms with Gasteiger partial charge >= 0.3 is 0 Å². The first-order valence-corrected chi connectivity index (χ1v) is 12.7. The summed E-state index contributed by atoms with van der Waals surface area (Å²) < 4.78 is 5.47. The van der Waals surface area contributed by atoms with E-state index in [1.54, 1.807) is 0 Å². The second kappa shape index (κ2) is 14.6. The van der Waals surface area contributed by atoms with Crippen molar-refractivity contribution >= 4 is 23.6 Å². The topological polar surface area (TPSA) is 239 Å². The summed E-state index contributed by atoms with van der Waals surface area (Å²) in [5, 5.41) is 30.3. The highest BCUT2D eigenvalue weighted by Crippen LogP contribution is 2.01. The molecule has 4 aliphatic rings. The fourth-order valence-corrected chi connectivity index (χ4v) is 3.86. The summed E-state index contributed by atoms with van der Waals surface area (Å²) in [5.41, 5.74) is 1.94. The maximum Gasteiger partial charge on any atom is 0.296 e. The van der Waals surface area contributed by atoms with Crippen molar-refractivity contribution in [2.45, 2.75) is 0 Å². The number of amides is 4. The molecule has 0 aliphatic carbocycles. The average Bonchev–Trinajstić information content (AvgIpc) is 2.94. The molecule has 0 spiro atoms. The van der Waals surface area contributed by atoms with Gasteiger partial charge in [-0.15, -0.1) is 9.46 Å². The van der Waals surface area contributed by atoms with E-state index in [0.717, 1.165) is 24.3 Å². The SMILES string of the molecule is NCCN1CCNC(=O)c2ccc(n(O)c2=O)C(=O)NCCOCCNC(=O)c2ccc(c(=O)n2O)C(=O)NCC1. The number of nitrogens with zero attached hydrogens (tertiary/aromatic N) is 3. The Hall–Kier alpha value is -4.74. The number of hydrogen-bond acceptors (Lipinski definition) is 11. The minimum Gasteiger partial charge on any atom is -0.425 e. The standard InChI is InChI=1S/C24H32N8O9/c25-5-10-30-11-6-26-19(33)15-1-3-17(31(39)23(15)37)21(35)28-8-13-41-14-9-29-22(36)18-4-2-16(24(38)32(18)40)20(34)27-7-12-30/h1-4,39-40H,5-14,25H2,(H,26,33)(H,27,34)(H,28,35)(H,29,36). The average molecular weight is 577 g/mol. The summed E-state index contributed by atoms with van der Waals surface area (Å²) >= 11 is 0. The quantitative estimate of drug-likeness (QED) is 0.172. The minimum absolute atomic E-state index is 0.00739. The molecular formula is C24H32N8O9. The van der Waals surface area contributed by atoms with E-state index in [2.05, 4.69) is 21.3 Å². The van der Waals surface area contributed by atoms with Gasteiger partial charge in [0, 0.05) is 52.4 Å². The second-order valence-corrected chi connectivity index (χ2v) is 8.76. The van der Waals surface area contributed by atoms with E-state index in [4.69, 9.17) is 10.5 Å².